The summed E-state index contributed by atoms with van der Waals surface area (Å²) in [6.45, 7) is 2.89. The smallest absolute Gasteiger partial charge is 0.169 e. The highest BCUT2D eigenvalue weighted by Gasteiger charge is 2.43. The number of aliphatic hydroxyl groups excluding tert-OH is 1. The summed E-state index contributed by atoms with van der Waals surface area (Å²) in [6.07, 6.45) is 5.58. The van der Waals surface area contributed by atoms with Crippen LogP contribution in [0.15, 0.2) is 0 Å². The third-order valence-electron chi connectivity index (χ3n) is 3.56. The fraction of sp³-hybridized carbons (Fsp3) is 1.00. The topological polar surface area (TPSA) is 38.7 Å². The zero-order valence-electron chi connectivity index (χ0n) is 8.87. The molecule has 1 spiro atoms. The summed E-state index contributed by atoms with van der Waals surface area (Å²) in [5.74, 6) is 0.514. The van der Waals surface area contributed by atoms with Crippen molar-refractivity contribution in [2.75, 3.05) is 13.2 Å². The molecular formula is C11H20O3. The number of hydrogen-bond acceptors (Lipinski definition) is 3. The Bertz CT molecular complexity index is 185. The second kappa shape index (κ2) is 4.17. The van der Waals surface area contributed by atoms with Gasteiger partial charge in [0.2, 0.25) is 0 Å². The van der Waals surface area contributed by atoms with E-state index in [1.807, 2.05) is 0 Å². The molecule has 82 valence electrons. The minimum Gasteiger partial charge on any atom is -0.394 e. The first-order valence-electron chi connectivity index (χ1n) is 5.70. The lowest BCUT2D eigenvalue weighted by Crippen LogP contribution is -2.36. The molecule has 2 fully saturated rings. The quantitative estimate of drug-likeness (QED) is 0.737. The SMILES string of the molecule is CCC1CCC2(CC1)OCC(CO)O2. The first kappa shape index (κ1) is 10.4. The van der Waals surface area contributed by atoms with Crippen molar-refractivity contribution in [1.29, 1.82) is 0 Å². The van der Waals surface area contributed by atoms with Crippen molar-refractivity contribution in [3.8, 4) is 0 Å². The molecule has 1 atom stereocenters. The molecule has 1 heterocycles. The van der Waals surface area contributed by atoms with Crippen LogP contribution in [0.4, 0.5) is 0 Å². The maximum absolute atomic E-state index is 8.97. The largest absolute Gasteiger partial charge is 0.394 e. The third kappa shape index (κ3) is 1.95. The molecule has 3 heteroatoms. The molecule has 2 rings (SSSR count). The van der Waals surface area contributed by atoms with Crippen molar-refractivity contribution >= 4 is 0 Å². The van der Waals surface area contributed by atoms with Crippen LogP contribution in [0.1, 0.15) is 39.0 Å². The molecule has 1 N–H and O–H groups in total. The van der Waals surface area contributed by atoms with E-state index in [9.17, 15) is 0 Å². The molecule has 0 bridgehead atoms. The van der Waals surface area contributed by atoms with Crippen molar-refractivity contribution in [2.24, 2.45) is 5.92 Å². The normalized spacial score (nSPS) is 43.3. The van der Waals surface area contributed by atoms with Crippen LogP contribution < -0.4 is 0 Å². The highest BCUT2D eigenvalue weighted by Crippen LogP contribution is 2.40. The van der Waals surface area contributed by atoms with Crippen molar-refractivity contribution in [3.05, 3.63) is 0 Å². The molecule has 1 aliphatic heterocycles. The Morgan fingerprint density at radius 2 is 2.07 bits per heavy atom. The lowest BCUT2D eigenvalue weighted by atomic mass is 9.84. The second-order valence-corrected chi connectivity index (χ2v) is 4.50. The maximum Gasteiger partial charge on any atom is 0.169 e. The Labute approximate surface area is 85.4 Å². The van der Waals surface area contributed by atoms with E-state index < -0.39 is 0 Å². The van der Waals surface area contributed by atoms with Crippen LogP contribution in [0.5, 0.6) is 0 Å². The Morgan fingerprint density at radius 3 is 2.57 bits per heavy atom. The van der Waals surface area contributed by atoms with Crippen molar-refractivity contribution in [3.63, 3.8) is 0 Å². The molecule has 1 saturated carbocycles. The van der Waals surface area contributed by atoms with Crippen LogP contribution in [0.3, 0.4) is 0 Å². The van der Waals surface area contributed by atoms with Gasteiger partial charge in [0.05, 0.1) is 13.2 Å². The summed E-state index contributed by atoms with van der Waals surface area (Å²) in [4.78, 5) is 0. The summed E-state index contributed by atoms with van der Waals surface area (Å²) in [5, 5.41) is 8.97. The van der Waals surface area contributed by atoms with Crippen molar-refractivity contribution in [2.45, 2.75) is 50.9 Å². The van der Waals surface area contributed by atoms with Gasteiger partial charge in [-0.05, 0) is 18.8 Å². The van der Waals surface area contributed by atoms with Gasteiger partial charge in [0.25, 0.3) is 0 Å². The summed E-state index contributed by atoms with van der Waals surface area (Å²) >= 11 is 0. The molecule has 0 aromatic carbocycles. The zero-order valence-corrected chi connectivity index (χ0v) is 8.87. The molecule has 0 aromatic heterocycles. The van der Waals surface area contributed by atoms with Crippen LogP contribution >= 0.6 is 0 Å². The van der Waals surface area contributed by atoms with E-state index in [1.54, 1.807) is 0 Å². The van der Waals surface area contributed by atoms with E-state index in [-0.39, 0.29) is 18.5 Å². The number of ether oxygens (including phenoxy) is 2. The van der Waals surface area contributed by atoms with Gasteiger partial charge >= 0.3 is 0 Å². The Hall–Kier alpha value is -0.120. The van der Waals surface area contributed by atoms with Crippen LogP contribution in [-0.4, -0.2) is 30.2 Å². The number of aliphatic hydroxyl groups is 1. The fourth-order valence-corrected chi connectivity index (χ4v) is 2.49. The van der Waals surface area contributed by atoms with Crippen LogP contribution in [-0.2, 0) is 9.47 Å². The monoisotopic (exact) mass is 200 g/mol. The van der Waals surface area contributed by atoms with Gasteiger partial charge in [0.15, 0.2) is 5.79 Å². The van der Waals surface area contributed by atoms with Gasteiger partial charge in [-0.2, -0.15) is 0 Å². The summed E-state index contributed by atoms with van der Waals surface area (Å²) in [7, 11) is 0. The maximum atomic E-state index is 8.97. The second-order valence-electron chi connectivity index (χ2n) is 4.50. The highest BCUT2D eigenvalue weighted by molar-refractivity contribution is 4.84. The van der Waals surface area contributed by atoms with Gasteiger partial charge in [0.1, 0.15) is 6.10 Å². The molecule has 0 amide bonds. The van der Waals surface area contributed by atoms with Gasteiger partial charge in [-0.3, -0.25) is 0 Å². The molecule has 0 aromatic rings. The average Bonchev–Trinajstić information content (AvgIpc) is 2.63. The Balaban J connectivity index is 1.87. The zero-order chi connectivity index (χ0) is 10.0. The number of rotatable bonds is 2. The highest BCUT2D eigenvalue weighted by atomic mass is 16.7. The van der Waals surface area contributed by atoms with E-state index in [0.29, 0.717) is 6.61 Å². The lowest BCUT2D eigenvalue weighted by Gasteiger charge is -2.35. The van der Waals surface area contributed by atoms with Gasteiger partial charge in [-0.25, -0.2) is 0 Å². The van der Waals surface area contributed by atoms with Crippen molar-refractivity contribution in [1.82, 2.24) is 0 Å². The fourth-order valence-electron chi connectivity index (χ4n) is 2.49. The molecule has 0 radical (unpaired) electrons. The minimum absolute atomic E-state index is 0.0823. The molecular weight excluding hydrogens is 180 g/mol. The van der Waals surface area contributed by atoms with E-state index in [0.717, 1.165) is 18.8 Å². The molecule has 3 nitrogen and oxygen atoms in total. The van der Waals surface area contributed by atoms with E-state index in [2.05, 4.69) is 6.92 Å². The molecule has 2 aliphatic rings. The molecule has 1 aliphatic carbocycles. The van der Waals surface area contributed by atoms with Gasteiger partial charge in [-0.1, -0.05) is 13.3 Å². The molecule has 1 saturated heterocycles. The standard InChI is InChI=1S/C11H20O3/c1-2-9-3-5-11(6-4-9)13-8-10(7-12)14-11/h9-10,12H,2-8H2,1H3. The first-order valence-corrected chi connectivity index (χ1v) is 5.70. The summed E-state index contributed by atoms with van der Waals surface area (Å²) in [5.41, 5.74) is 0. The van der Waals surface area contributed by atoms with Crippen molar-refractivity contribution < 1.29 is 14.6 Å². The first-order chi connectivity index (χ1) is 6.78. The summed E-state index contributed by atoms with van der Waals surface area (Å²) in [6, 6.07) is 0. The van der Waals surface area contributed by atoms with Crippen LogP contribution in [0, 0.1) is 5.92 Å². The van der Waals surface area contributed by atoms with Crippen LogP contribution in [0.2, 0.25) is 0 Å². The molecule has 14 heavy (non-hydrogen) atoms. The van der Waals surface area contributed by atoms with Gasteiger partial charge in [0, 0.05) is 12.8 Å². The minimum atomic E-state index is -0.334. The van der Waals surface area contributed by atoms with E-state index >= 15 is 0 Å². The molecule has 1 unspecified atom stereocenters. The third-order valence-corrected chi connectivity index (χ3v) is 3.56. The Kier molecular flexibility index (Phi) is 3.10. The van der Waals surface area contributed by atoms with Crippen LogP contribution in [0.25, 0.3) is 0 Å². The van der Waals surface area contributed by atoms with Gasteiger partial charge < -0.3 is 14.6 Å². The predicted octanol–water partition coefficient (Wildman–Crippen LogP) is 1.69. The average molecular weight is 200 g/mol. The van der Waals surface area contributed by atoms with E-state index in [1.165, 1.54) is 19.3 Å². The van der Waals surface area contributed by atoms with E-state index in [4.69, 9.17) is 14.6 Å². The number of hydrogen-bond donors (Lipinski definition) is 1. The predicted molar refractivity (Wildman–Crippen MR) is 52.9 cm³/mol. The lowest BCUT2D eigenvalue weighted by molar-refractivity contribution is -0.195. The van der Waals surface area contributed by atoms with Gasteiger partial charge in [-0.15, -0.1) is 0 Å². The Morgan fingerprint density at radius 1 is 1.36 bits per heavy atom. The summed E-state index contributed by atoms with van der Waals surface area (Å²) < 4.78 is 11.5.